The second-order valence-electron chi connectivity index (χ2n) is 0.896. The summed E-state index contributed by atoms with van der Waals surface area (Å²) < 4.78 is 0. The van der Waals surface area contributed by atoms with Gasteiger partial charge >= 0.3 is 0 Å². The maximum atomic E-state index is 3.78. The van der Waals surface area contributed by atoms with E-state index >= 15 is 0 Å². The Morgan fingerprint density at radius 2 is 2.50 bits per heavy atom. The first-order chi connectivity index (χ1) is 2.91. The fraction of sp³-hybridized carbons (Fsp3) is 0.750. The van der Waals surface area contributed by atoms with Crippen LogP contribution in [0, 0.1) is 0 Å². The molecule has 0 fully saturated rings. The average molecular weight is 103 g/mol. The topological polar surface area (TPSA) is 12.4 Å². The first kappa shape index (κ1) is 6.02. The van der Waals surface area contributed by atoms with Gasteiger partial charge in [0.2, 0.25) is 0 Å². The first-order valence-corrected chi connectivity index (χ1v) is 3.20. The second kappa shape index (κ2) is 5.02. The van der Waals surface area contributed by atoms with Gasteiger partial charge in [0.15, 0.2) is 0 Å². The van der Waals surface area contributed by atoms with E-state index in [1.165, 1.54) is 0 Å². The molecule has 0 aliphatic rings. The highest BCUT2D eigenvalue weighted by atomic mass is 32.2. The normalized spacial score (nSPS) is 10.3. The number of thioether (sulfide) groups is 1. The summed E-state index contributed by atoms with van der Waals surface area (Å²) in [6, 6.07) is 0. The van der Waals surface area contributed by atoms with Gasteiger partial charge in [0.05, 0.1) is 0 Å². The van der Waals surface area contributed by atoms with Crippen LogP contribution in [0.15, 0.2) is 4.99 Å². The lowest BCUT2D eigenvalue weighted by Crippen LogP contribution is -1.73. The number of hydrogen-bond acceptors (Lipinski definition) is 2. The molecule has 0 bridgehead atoms. The molecule has 0 amide bonds. The van der Waals surface area contributed by atoms with Gasteiger partial charge < -0.3 is 0 Å². The molecule has 0 unspecified atom stereocenters. The number of nitrogens with zero attached hydrogens (tertiary/aromatic N) is 1. The maximum absolute atomic E-state index is 3.78. The van der Waals surface area contributed by atoms with Crippen molar-refractivity contribution in [2.45, 2.75) is 0 Å². The zero-order valence-corrected chi connectivity index (χ0v) is 4.96. The quantitative estimate of drug-likeness (QED) is 0.476. The van der Waals surface area contributed by atoms with Crippen LogP contribution >= 0.6 is 11.8 Å². The third kappa shape index (κ3) is 4.02. The zero-order chi connectivity index (χ0) is 4.83. The van der Waals surface area contributed by atoms with Crippen LogP contribution in [0.4, 0.5) is 0 Å². The van der Waals surface area contributed by atoms with Crippen LogP contribution in [0.25, 0.3) is 0 Å². The Bertz CT molecular complexity index is 42.8. The van der Waals surface area contributed by atoms with Crippen molar-refractivity contribution in [3.63, 3.8) is 0 Å². The Balaban J connectivity index is 2.66. The van der Waals surface area contributed by atoms with Gasteiger partial charge in [0.25, 0.3) is 0 Å². The van der Waals surface area contributed by atoms with Gasteiger partial charge in [-0.3, -0.25) is 4.99 Å². The highest BCUT2D eigenvalue weighted by Crippen LogP contribution is 1.83. The molecule has 0 rings (SSSR count). The fourth-order valence-corrected chi connectivity index (χ4v) is 0.447. The van der Waals surface area contributed by atoms with Gasteiger partial charge in [-0.25, -0.2) is 0 Å². The molecule has 0 aromatic carbocycles. The summed E-state index contributed by atoms with van der Waals surface area (Å²) >= 11 is 1.78. The van der Waals surface area contributed by atoms with Gasteiger partial charge in [0, 0.05) is 19.0 Å². The third-order valence-corrected chi connectivity index (χ3v) is 0.906. The van der Waals surface area contributed by atoms with E-state index in [-0.39, 0.29) is 0 Å². The molecule has 0 aliphatic heterocycles. The van der Waals surface area contributed by atoms with Crippen LogP contribution in [-0.2, 0) is 0 Å². The lowest BCUT2D eigenvalue weighted by Gasteiger charge is -1.76. The van der Waals surface area contributed by atoms with Crippen molar-refractivity contribution in [3.8, 4) is 0 Å². The molecular weight excluding hydrogens is 94.1 g/mol. The molecule has 6 heavy (non-hydrogen) atoms. The van der Waals surface area contributed by atoms with E-state index in [2.05, 4.69) is 11.2 Å². The molecule has 0 saturated heterocycles. The Labute approximate surface area is 42.9 Å². The predicted molar refractivity (Wildman–Crippen MR) is 32.8 cm³/mol. The van der Waals surface area contributed by atoms with Crippen LogP contribution in [0.1, 0.15) is 0 Å². The Morgan fingerprint density at radius 3 is 2.67 bits per heavy atom. The zero-order valence-electron chi connectivity index (χ0n) is 4.14. The number of aliphatic imine (C=N–C) groups is 1. The SMILES string of the molecule is C/N=C\CSC. The van der Waals surface area contributed by atoms with E-state index in [4.69, 9.17) is 0 Å². The summed E-state index contributed by atoms with van der Waals surface area (Å²) in [5.74, 6) is 1.04. The smallest absolute Gasteiger partial charge is 0.0281 e. The van der Waals surface area contributed by atoms with Gasteiger partial charge in [-0.05, 0) is 6.26 Å². The van der Waals surface area contributed by atoms with Gasteiger partial charge in [0.1, 0.15) is 0 Å². The van der Waals surface area contributed by atoms with Crippen LogP contribution in [0.5, 0.6) is 0 Å². The van der Waals surface area contributed by atoms with E-state index in [0.29, 0.717) is 0 Å². The fourth-order valence-electron chi connectivity index (χ4n) is 0.149. The average Bonchev–Trinajstić information content (AvgIpc) is 1.61. The molecular formula is C4H9NS. The summed E-state index contributed by atoms with van der Waals surface area (Å²) in [6.45, 7) is 0. The van der Waals surface area contributed by atoms with Crippen molar-refractivity contribution in [3.05, 3.63) is 0 Å². The second-order valence-corrected chi connectivity index (χ2v) is 1.81. The van der Waals surface area contributed by atoms with E-state index in [0.717, 1.165) is 5.75 Å². The van der Waals surface area contributed by atoms with Crippen LogP contribution < -0.4 is 0 Å². The van der Waals surface area contributed by atoms with E-state index < -0.39 is 0 Å². The van der Waals surface area contributed by atoms with E-state index in [1.54, 1.807) is 18.8 Å². The number of rotatable bonds is 2. The first-order valence-electron chi connectivity index (χ1n) is 1.81. The molecule has 0 N–H and O–H groups in total. The Morgan fingerprint density at radius 1 is 1.83 bits per heavy atom. The summed E-state index contributed by atoms with van der Waals surface area (Å²) in [7, 11) is 1.79. The molecule has 0 spiro atoms. The summed E-state index contributed by atoms with van der Waals surface area (Å²) in [6.07, 6.45) is 3.95. The van der Waals surface area contributed by atoms with Crippen molar-refractivity contribution < 1.29 is 0 Å². The maximum Gasteiger partial charge on any atom is 0.0281 e. The van der Waals surface area contributed by atoms with Crippen LogP contribution in [0.2, 0.25) is 0 Å². The molecule has 0 aliphatic carbocycles. The lowest BCUT2D eigenvalue weighted by atomic mass is 10.9. The molecule has 0 saturated carbocycles. The highest BCUT2D eigenvalue weighted by molar-refractivity contribution is 7.99. The minimum absolute atomic E-state index is 1.04. The van der Waals surface area contributed by atoms with Crippen molar-refractivity contribution in [2.24, 2.45) is 4.99 Å². The Hall–Kier alpha value is 0.0200. The molecule has 0 atom stereocenters. The van der Waals surface area contributed by atoms with Crippen LogP contribution in [0.3, 0.4) is 0 Å². The monoisotopic (exact) mass is 103 g/mol. The minimum atomic E-state index is 1.04. The van der Waals surface area contributed by atoms with Gasteiger partial charge in [-0.15, -0.1) is 0 Å². The van der Waals surface area contributed by atoms with Crippen LogP contribution in [-0.4, -0.2) is 25.3 Å². The molecule has 36 valence electrons. The predicted octanol–water partition coefficient (Wildman–Crippen LogP) is 1.05. The van der Waals surface area contributed by atoms with Crippen molar-refractivity contribution in [1.82, 2.24) is 0 Å². The molecule has 2 heteroatoms. The highest BCUT2D eigenvalue weighted by Gasteiger charge is 1.65. The van der Waals surface area contributed by atoms with Crippen molar-refractivity contribution in [1.29, 1.82) is 0 Å². The van der Waals surface area contributed by atoms with Crippen molar-refractivity contribution in [2.75, 3.05) is 19.1 Å². The van der Waals surface area contributed by atoms with Crippen molar-refractivity contribution >= 4 is 18.0 Å². The molecule has 0 radical (unpaired) electrons. The van der Waals surface area contributed by atoms with Gasteiger partial charge in [-0.2, -0.15) is 11.8 Å². The molecule has 0 aromatic rings. The molecule has 0 heterocycles. The number of hydrogen-bond donors (Lipinski definition) is 0. The lowest BCUT2D eigenvalue weighted by molar-refractivity contribution is 1.46. The van der Waals surface area contributed by atoms with E-state index in [9.17, 15) is 0 Å². The van der Waals surface area contributed by atoms with E-state index in [1.807, 2.05) is 6.21 Å². The molecule has 0 aromatic heterocycles. The largest absolute Gasteiger partial charge is 0.300 e. The Kier molecular flexibility index (Phi) is 5.04. The minimum Gasteiger partial charge on any atom is -0.300 e. The standard InChI is InChI=1S/C4H9NS/c1-5-3-4-6-2/h3H,4H2,1-2H3/b5-3-. The summed E-state index contributed by atoms with van der Waals surface area (Å²) in [5, 5.41) is 0. The third-order valence-electron chi connectivity index (χ3n) is 0.424. The van der Waals surface area contributed by atoms with Gasteiger partial charge in [-0.1, -0.05) is 0 Å². The summed E-state index contributed by atoms with van der Waals surface area (Å²) in [5.41, 5.74) is 0. The molecule has 1 nitrogen and oxygen atoms in total. The summed E-state index contributed by atoms with van der Waals surface area (Å²) in [4.78, 5) is 3.78.